The molecule has 0 saturated heterocycles. The van der Waals surface area contributed by atoms with E-state index in [1.54, 1.807) is 0 Å². The van der Waals surface area contributed by atoms with Crippen molar-refractivity contribution < 1.29 is 5.11 Å². The van der Waals surface area contributed by atoms with Crippen LogP contribution in [0.1, 0.15) is 142 Å². The highest BCUT2D eigenvalue weighted by molar-refractivity contribution is 4.65. The van der Waals surface area contributed by atoms with Crippen molar-refractivity contribution in [2.75, 3.05) is 0 Å². The van der Waals surface area contributed by atoms with Crippen LogP contribution in [0.25, 0.3) is 0 Å². The largest absolute Gasteiger partial charge is 0.393 e. The van der Waals surface area contributed by atoms with Crippen LogP contribution >= 0.6 is 0 Å². The predicted octanol–water partition coefficient (Wildman–Crippen LogP) is 8.19. The quantitative estimate of drug-likeness (QED) is 0.371. The van der Waals surface area contributed by atoms with E-state index in [0.717, 1.165) is 18.8 Å². The number of aliphatic hydroxyl groups excluding tert-OH is 1. The van der Waals surface area contributed by atoms with Gasteiger partial charge in [-0.2, -0.15) is 0 Å². The molecule has 0 aromatic heterocycles. The average Bonchev–Trinajstić information content (AvgIpc) is 2.61. The standard InChI is InChI=1S/C24H48O/c1-2-3-4-5-6-7-8-9-10-13-18-23-19-14-11-12-15-21-24(25)22-17-16-20-23/h23-25H,2-22H2,1H3. The molecule has 0 aromatic carbocycles. The molecule has 1 saturated carbocycles. The molecule has 0 bridgehead atoms. The van der Waals surface area contributed by atoms with Gasteiger partial charge in [0.05, 0.1) is 6.10 Å². The highest BCUT2D eigenvalue weighted by Crippen LogP contribution is 2.25. The van der Waals surface area contributed by atoms with E-state index in [1.165, 1.54) is 122 Å². The fraction of sp³-hybridized carbons (Fsp3) is 1.00. The summed E-state index contributed by atoms with van der Waals surface area (Å²) < 4.78 is 0. The van der Waals surface area contributed by atoms with Crippen molar-refractivity contribution in [3.8, 4) is 0 Å². The van der Waals surface area contributed by atoms with Crippen LogP contribution in [0, 0.1) is 5.92 Å². The van der Waals surface area contributed by atoms with Crippen LogP contribution in [0.15, 0.2) is 0 Å². The second kappa shape index (κ2) is 17.4. The van der Waals surface area contributed by atoms with Crippen molar-refractivity contribution in [2.24, 2.45) is 5.92 Å². The van der Waals surface area contributed by atoms with Gasteiger partial charge >= 0.3 is 0 Å². The van der Waals surface area contributed by atoms with Crippen molar-refractivity contribution >= 4 is 0 Å². The molecule has 1 nitrogen and oxygen atoms in total. The highest BCUT2D eigenvalue weighted by atomic mass is 16.3. The minimum absolute atomic E-state index is 0.0140. The molecule has 1 heteroatoms. The van der Waals surface area contributed by atoms with Gasteiger partial charge in [-0.1, -0.05) is 129 Å². The number of unbranched alkanes of at least 4 members (excludes halogenated alkanes) is 9. The summed E-state index contributed by atoms with van der Waals surface area (Å²) in [6, 6.07) is 0. The number of aliphatic hydroxyl groups is 1. The molecule has 1 rings (SSSR count). The van der Waals surface area contributed by atoms with Crippen LogP contribution in [0.3, 0.4) is 0 Å². The normalized spacial score (nSPS) is 23.8. The SMILES string of the molecule is CCCCCCCCCCCCC1CCCCCCC(O)CCCC1. The Morgan fingerprint density at radius 1 is 0.560 bits per heavy atom. The van der Waals surface area contributed by atoms with Crippen molar-refractivity contribution in [1.29, 1.82) is 0 Å². The van der Waals surface area contributed by atoms with Gasteiger partial charge in [-0.05, 0) is 18.8 Å². The van der Waals surface area contributed by atoms with Crippen LogP contribution in [-0.4, -0.2) is 11.2 Å². The Morgan fingerprint density at radius 2 is 1.00 bits per heavy atom. The van der Waals surface area contributed by atoms with Gasteiger partial charge in [0, 0.05) is 0 Å². The molecule has 25 heavy (non-hydrogen) atoms. The maximum Gasteiger partial charge on any atom is 0.0540 e. The first-order valence-corrected chi connectivity index (χ1v) is 12.0. The summed E-state index contributed by atoms with van der Waals surface area (Å²) in [6.45, 7) is 2.30. The topological polar surface area (TPSA) is 20.2 Å². The molecule has 0 aromatic rings. The molecule has 2 unspecified atom stereocenters. The van der Waals surface area contributed by atoms with Crippen molar-refractivity contribution in [2.45, 2.75) is 148 Å². The average molecular weight is 353 g/mol. The maximum absolute atomic E-state index is 9.96. The number of rotatable bonds is 11. The van der Waals surface area contributed by atoms with E-state index < -0.39 is 0 Å². The van der Waals surface area contributed by atoms with Crippen molar-refractivity contribution in [1.82, 2.24) is 0 Å². The molecule has 0 amide bonds. The molecular weight excluding hydrogens is 304 g/mol. The third kappa shape index (κ3) is 14.8. The Labute approximate surface area is 159 Å². The van der Waals surface area contributed by atoms with E-state index in [1.807, 2.05) is 0 Å². The van der Waals surface area contributed by atoms with Gasteiger partial charge in [0.15, 0.2) is 0 Å². The van der Waals surface area contributed by atoms with Gasteiger partial charge in [-0.25, -0.2) is 0 Å². The lowest BCUT2D eigenvalue weighted by Crippen LogP contribution is -2.08. The molecule has 1 N–H and O–H groups in total. The van der Waals surface area contributed by atoms with Gasteiger partial charge in [0.2, 0.25) is 0 Å². The Morgan fingerprint density at radius 3 is 1.60 bits per heavy atom. The van der Waals surface area contributed by atoms with Crippen LogP contribution in [0.5, 0.6) is 0 Å². The van der Waals surface area contributed by atoms with E-state index in [4.69, 9.17) is 0 Å². The summed E-state index contributed by atoms with van der Waals surface area (Å²) in [5.41, 5.74) is 0. The Kier molecular flexibility index (Phi) is 16.0. The lowest BCUT2D eigenvalue weighted by molar-refractivity contribution is 0.145. The number of hydrogen-bond donors (Lipinski definition) is 1. The second-order valence-electron chi connectivity index (χ2n) is 8.77. The smallest absolute Gasteiger partial charge is 0.0540 e. The minimum atomic E-state index is -0.0140. The van der Waals surface area contributed by atoms with Crippen LogP contribution in [0.2, 0.25) is 0 Å². The lowest BCUT2D eigenvalue weighted by Gasteiger charge is -2.19. The van der Waals surface area contributed by atoms with E-state index in [2.05, 4.69) is 6.92 Å². The predicted molar refractivity (Wildman–Crippen MR) is 112 cm³/mol. The van der Waals surface area contributed by atoms with Crippen LogP contribution in [0.4, 0.5) is 0 Å². The minimum Gasteiger partial charge on any atom is -0.393 e. The zero-order valence-corrected chi connectivity index (χ0v) is 17.5. The van der Waals surface area contributed by atoms with Gasteiger partial charge in [-0.15, -0.1) is 0 Å². The van der Waals surface area contributed by atoms with E-state index in [-0.39, 0.29) is 6.10 Å². The van der Waals surface area contributed by atoms with Crippen molar-refractivity contribution in [3.05, 3.63) is 0 Å². The van der Waals surface area contributed by atoms with Gasteiger partial charge in [0.25, 0.3) is 0 Å². The molecule has 0 spiro atoms. The summed E-state index contributed by atoms with van der Waals surface area (Å²) in [5.74, 6) is 0.977. The Bertz CT molecular complexity index is 263. The zero-order valence-electron chi connectivity index (χ0n) is 17.5. The summed E-state index contributed by atoms with van der Waals surface area (Å²) in [6.07, 6.45) is 28.9. The van der Waals surface area contributed by atoms with E-state index in [0.29, 0.717) is 0 Å². The Balaban J connectivity index is 2.00. The van der Waals surface area contributed by atoms with Crippen LogP contribution < -0.4 is 0 Å². The summed E-state index contributed by atoms with van der Waals surface area (Å²) >= 11 is 0. The molecule has 0 heterocycles. The molecule has 0 aliphatic heterocycles. The van der Waals surface area contributed by atoms with E-state index >= 15 is 0 Å². The summed E-state index contributed by atoms with van der Waals surface area (Å²) in [4.78, 5) is 0. The third-order valence-electron chi connectivity index (χ3n) is 6.27. The molecule has 2 atom stereocenters. The second-order valence-corrected chi connectivity index (χ2v) is 8.77. The first-order valence-electron chi connectivity index (χ1n) is 12.0. The maximum atomic E-state index is 9.96. The number of hydrogen-bond acceptors (Lipinski definition) is 1. The van der Waals surface area contributed by atoms with Gasteiger partial charge in [0.1, 0.15) is 0 Å². The molecule has 150 valence electrons. The monoisotopic (exact) mass is 352 g/mol. The van der Waals surface area contributed by atoms with Crippen molar-refractivity contribution in [3.63, 3.8) is 0 Å². The Hall–Kier alpha value is -0.0400. The fourth-order valence-corrected chi connectivity index (χ4v) is 4.48. The zero-order chi connectivity index (χ0) is 18.0. The summed E-state index contributed by atoms with van der Waals surface area (Å²) in [7, 11) is 0. The first-order chi connectivity index (χ1) is 12.3. The van der Waals surface area contributed by atoms with E-state index in [9.17, 15) is 5.11 Å². The van der Waals surface area contributed by atoms with Gasteiger partial charge < -0.3 is 5.11 Å². The third-order valence-corrected chi connectivity index (χ3v) is 6.27. The fourth-order valence-electron chi connectivity index (χ4n) is 4.48. The first kappa shape index (κ1) is 23.0. The van der Waals surface area contributed by atoms with Gasteiger partial charge in [-0.3, -0.25) is 0 Å². The lowest BCUT2D eigenvalue weighted by atomic mass is 9.88. The molecule has 0 radical (unpaired) electrons. The molecule has 1 fully saturated rings. The molecular formula is C24H48O. The summed E-state index contributed by atoms with van der Waals surface area (Å²) in [5, 5.41) is 9.96. The van der Waals surface area contributed by atoms with Crippen LogP contribution in [-0.2, 0) is 0 Å². The molecule has 1 aliphatic carbocycles. The molecule has 1 aliphatic rings. The highest BCUT2D eigenvalue weighted by Gasteiger charge is 2.11.